The molecule has 0 radical (unpaired) electrons. The maximum Gasteiger partial charge on any atom is 0.325 e. The van der Waals surface area contributed by atoms with Crippen molar-refractivity contribution in [2.24, 2.45) is 5.92 Å². The van der Waals surface area contributed by atoms with Gasteiger partial charge in [-0.3, -0.25) is 19.3 Å². The second-order valence-corrected chi connectivity index (χ2v) is 9.00. The average Bonchev–Trinajstić information content (AvgIpc) is 3.47. The molecule has 1 atom stereocenters. The fraction of sp³-hybridized carbons (Fsp3) is 0.524. The molecule has 1 aromatic rings. The lowest BCUT2D eigenvalue weighted by molar-refractivity contribution is -0.143. The Hall–Kier alpha value is -2.97. The summed E-state index contributed by atoms with van der Waals surface area (Å²) in [6.45, 7) is 6.26. The zero-order valence-electron chi connectivity index (χ0n) is 17.6. The Morgan fingerprint density at radius 1 is 1.23 bits per heavy atom. The fourth-order valence-electron chi connectivity index (χ4n) is 3.59. The van der Waals surface area contributed by atoms with Crippen LogP contribution < -0.4 is 10.6 Å². The summed E-state index contributed by atoms with van der Waals surface area (Å²) in [5.41, 5.74) is -1.29. The van der Waals surface area contributed by atoms with Crippen LogP contribution in [0.15, 0.2) is 24.3 Å². The summed E-state index contributed by atoms with van der Waals surface area (Å²) in [6, 6.07) is 4.69. The summed E-state index contributed by atoms with van der Waals surface area (Å²) >= 11 is 0. The number of urea groups is 1. The van der Waals surface area contributed by atoms with Crippen LogP contribution in [0.2, 0.25) is 0 Å². The minimum Gasteiger partial charge on any atom is -0.327 e. The molecule has 1 saturated carbocycles. The van der Waals surface area contributed by atoms with Gasteiger partial charge < -0.3 is 15.5 Å². The smallest absolute Gasteiger partial charge is 0.325 e. The summed E-state index contributed by atoms with van der Waals surface area (Å²) < 4.78 is 13.0. The molecule has 1 heterocycles. The van der Waals surface area contributed by atoms with Gasteiger partial charge in [-0.15, -0.1) is 0 Å². The van der Waals surface area contributed by atoms with E-state index in [2.05, 4.69) is 10.6 Å². The lowest BCUT2D eigenvalue weighted by Gasteiger charge is -2.36. The monoisotopic (exact) mass is 418 g/mol. The molecule has 3 rings (SSSR count). The van der Waals surface area contributed by atoms with Crippen molar-refractivity contribution in [1.29, 1.82) is 0 Å². The number of carbonyl (C=O) groups is 4. The predicted octanol–water partition coefficient (Wildman–Crippen LogP) is 2.11. The van der Waals surface area contributed by atoms with Gasteiger partial charge in [0, 0.05) is 11.2 Å². The Kier molecular flexibility index (Phi) is 5.58. The van der Waals surface area contributed by atoms with Crippen molar-refractivity contribution in [1.82, 2.24) is 15.1 Å². The first kappa shape index (κ1) is 21.7. The van der Waals surface area contributed by atoms with Gasteiger partial charge in [0.1, 0.15) is 24.4 Å². The molecule has 9 heteroatoms. The molecular weight excluding hydrogens is 391 g/mol. The van der Waals surface area contributed by atoms with Gasteiger partial charge in [0.2, 0.25) is 11.8 Å². The van der Waals surface area contributed by atoms with Crippen LogP contribution in [-0.4, -0.2) is 57.7 Å². The second-order valence-electron chi connectivity index (χ2n) is 9.00. The summed E-state index contributed by atoms with van der Waals surface area (Å²) in [6.07, 6.45) is 1.73. The molecule has 30 heavy (non-hydrogen) atoms. The number of nitrogens with one attached hydrogen (secondary N) is 2. The SMILES string of the molecule is CC(C)(C)N(CC(=O)Nc1ccc(F)cc1)C(=O)CN1C(=O)N[C@@](C)(C2CC2)C1=O. The standard InChI is InChI=1S/C21H27FN4O4/c1-20(2,3)26(11-16(27)23-15-9-7-14(22)8-10-15)17(28)12-25-18(29)21(4,13-5-6-13)24-19(25)30/h7-10,13H,5-6,11-12H2,1-4H3,(H,23,27)(H,24,30)/t21-/m0/s1. The second kappa shape index (κ2) is 7.70. The topological polar surface area (TPSA) is 98.8 Å². The number of carbonyl (C=O) groups excluding carboxylic acids is 4. The molecule has 2 fully saturated rings. The highest BCUT2D eigenvalue weighted by Gasteiger charge is 2.56. The van der Waals surface area contributed by atoms with Crippen LogP contribution >= 0.6 is 0 Å². The van der Waals surface area contributed by atoms with Gasteiger partial charge in [0.05, 0.1) is 0 Å². The molecule has 1 aliphatic carbocycles. The van der Waals surface area contributed by atoms with E-state index in [1.165, 1.54) is 29.2 Å². The number of halogens is 1. The van der Waals surface area contributed by atoms with Gasteiger partial charge >= 0.3 is 6.03 Å². The van der Waals surface area contributed by atoms with Crippen molar-refractivity contribution in [3.05, 3.63) is 30.1 Å². The van der Waals surface area contributed by atoms with Gasteiger partial charge in [-0.2, -0.15) is 0 Å². The molecule has 1 saturated heterocycles. The molecule has 0 aromatic heterocycles. The van der Waals surface area contributed by atoms with Crippen LogP contribution in [0.4, 0.5) is 14.9 Å². The van der Waals surface area contributed by atoms with Crippen molar-refractivity contribution in [2.75, 3.05) is 18.4 Å². The minimum atomic E-state index is -0.968. The number of benzene rings is 1. The van der Waals surface area contributed by atoms with Gasteiger partial charge in [-0.1, -0.05) is 0 Å². The first-order valence-corrected chi connectivity index (χ1v) is 9.92. The number of rotatable bonds is 6. The van der Waals surface area contributed by atoms with E-state index in [0.717, 1.165) is 17.7 Å². The number of amides is 5. The normalized spacial score (nSPS) is 21.4. The third-order valence-electron chi connectivity index (χ3n) is 5.53. The number of hydrogen-bond donors (Lipinski definition) is 2. The van der Waals surface area contributed by atoms with Gasteiger partial charge in [0.25, 0.3) is 5.91 Å². The van der Waals surface area contributed by atoms with E-state index >= 15 is 0 Å². The van der Waals surface area contributed by atoms with Crippen molar-refractivity contribution >= 4 is 29.4 Å². The molecule has 2 N–H and O–H groups in total. The van der Waals surface area contributed by atoms with E-state index < -0.39 is 47.2 Å². The molecule has 0 bridgehead atoms. The lowest BCUT2D eigenvalue weighted by Crippen LogP contribution is -2.53. The summed E-state index contributed by atoms with van der Waals surface area (Å²) in [7, 11) is 0. The molecule has 0 unspecified atom stereocenters. The van der Waals surface area contributed by atoms with Crippen LogP contribution in [0, 0.1) is 11.7 Å². The van der Waals surface area contributed by atoms with Crippen molar-refractivity contribution in [3.63, 3.8) is 0 Å². The first-order valence-electron chi connectivity index (χ1n) is 9.92. The Morgan fingerprint density at radius 2 is 1.83 bits per heavy atom. The van der Waals surface area contributed by atoms with Crippen molar-refractivity contribution in [3.8, 4) is 0 Å². The molecular formula is C21H27FN4O4. The molecule has 162 valence electrons. The molecule has 1 aromatic carbocycles. The van der Waals surface area contributed by atoms with E-state index in [1.54, 1.807) is 27.7 Å². The number of imide groups is 1. The van der Waals surface area contributed by atoms with Gasteiger partial charge in [-0.05, 0) is 70.7 Å². The largest absolute Gasteiger partial charge is 0.327 e. The zero-order chi connectivity index (χ0) is 22.3. The molecule has 5 amide bonds. The highest BCUT2D eigenvalue weighted by Crippen LogP contribution is 2.42. The van der Waals surface area contributed by atoms with Crippen molar-refractivity contribution < 1.29 is 23.6 Å². The third-order valence-corrected chi connectivity index (χ3v) is 5.53. The Balaban J connectivity index is 1.68. The van der Waals surface area contributed by atoms with E-state index in [4.69, 9.17) is 0 Å². The Labute approximate surface area is 174 Å². The van der Waals surface area contributed by atoms with Crippen LogP contribution in [0.25, 0.3) is 0 Å². The maximum atomic E-state index is 13.0. The first-order chi connectivity index (χ1) is 13.9. The van der Waals surface area contributed by atoms with E-state index in [1.807, 2.05) is 0 Å². The fourth-order valence-corrected chi connectivity index (χ4v) is 3.59. The molecule has 1 aliphatic heterocycles. The summed E-state index contributed by atoms with van der Waals surface area (Å²) in [4.78, 5) is 52.8. The van der Waals surface area contributed by atoms with Crippen LogP contribution in [0.1, 0.15) is 40.5 Å². The van der Waals surface area contributed by atoms with Gasteiger partial charge in [0.15, 0.2) is 0 Å². The predicted molar refractivity (Wildman–Crippen MR) is 108 cm³/mol. The number of nitrogens with zero attached hydrogens (tertiary/aromatic N) is 2. The third kappa shape index (κ3) is 4.44. The van der Waals surface area contributed by atoms with Crippen molar-refractivity contribution in [2.45, 2.75) is 51.6 Å². The van der Waals surface area contributed by atoms with Crippen LogP contribution in [-0.2, 0) is 14.4 Å². The maximum absolute atomic E-state index is 13.0. The van der Waals surface area contributed by atoms with Gasteiger partial charge in [-0.25, -0.2) is 9.18 Å². The summed E-state index contributed by atoms with van der Waals surface area (Å²) in [5, 5.41) is 5.32. The van der Waals surface area contributed by atoms with E-state index in [0.29, 0.717) is 5.69 Å². The molecule has 0 spiro atoms. The zero-order valence-corrected chi connectivity index (χ0v) is 17.6. The Bertz CT molecular complexity index is 876. The van der Waals surface area contributed by atoms with Crippen LogP contribution in [0.3, 0.4) is 0 Å². The highest BCUT2D eigenvalue weighted by molar-refractivity contribution is 6.09. The quantitative estimate of drug-likeness (QED) is 0.692. The minimum absolute atomic E-state index is 0.0919. The lowest BCUT2D eigenvalue weighted by atomic mass is 9.96. The average molecular weight is 418 g/mol. The highest BCUT2D eigenvalue weighted by atomic mass is 19.1. The molecule has 8 nitrogen and oxygen atoms in total. The number of hydrogen-bond acceptors (Lipinski definition) is 4. The number of anilines is 1. The van der Waals surface area contributed by atoms with Crippen LogP contribution in [0.5, 0.6) is 0 Å². The van der Waals surface area contributed by atoms with E-state index in [-0.39, 0.29) is 12.5 Å². The van der Waals surface area contributed by atoms with E-state index in [9.17, 15) is 23.6 Å². The summed E-state index contributed by atoms with van der Waals surface area (Å²) in [5.74, 6) is -1.72. The molecule has 2 aliphatic rings. The Morgan fingerprint density at radius 3 is 2.37 bits per heavy atom.